The molecule has 2 N–H and O–H groups in total. The average molecular weight is 703 g/mol. The van der Waals surface area contributed by atoms with Crippen LogP contribution in [0.4, 0.5) is 25.3 Å². The third-order valence-corrected chi connectivity index (χ3v) is 11.8. The first kappa shape index (κ1) is 32.6. The van der Waals surface area contributed by atoms with E-state index in [1.54, 1.807) is 20.2 Å². The van der Waals surface area contributed by atoms with Gasteiger partial charge in [-0.3, -0.25) is 14.4 Å². The molecule has 4 aliphatic heterocycles. The molecule has 0 bridgehead atoms. The highest BCUT2D eigenvalue weighted by Crippen LogP contribution is 2.44. The van der Waals surface area contributed by atoms with E-state index < -0.39 is 12.0 Å². The largest absolute Gasteiger partial charge is 0.461 e. The van der Waals surface area contributed by atoms with Crippen molar-refractivity contribution in [2.75, 3.05) is 55.9 Å². The van der Waals surface area contributed by atoms with Gasteiger partial charge in [-0.1, -0.05) is 0 Å². The predicted octanol–water partition coefficient (Wildman–Crippen LogP) is 4.50. The molecule has 0 saturated carbocycles. The van der Waals surface area contributed by atoms with Crippen LogP contribution in [-0.4, -0.2) is 93.5 Å². The summed E-state index contributed by atoms with van der Waals surface area (Å²) in [5.74, 6) is 0.209. The smallest absolute Gasteiger partial charge is 0.318 e. The summed E-state index contributed by atoms with van der Waals surface area (Å²) in [6, 6.07) is 7.38. The minimum Gasteiger partial charge on any atom is -0.461 e. The minimum atomic E-state index is -0.878. The SMILES string of the molecule is CC1Cc2c(nc(OC[C@@]34CCCN3C[C@H](F)C4)nc2N2CCCn3nc(C(=O)N(C)C)cc3C2)CN1c1ccc(F)c2sc(N)c(C#N)c12. The van der Waals surface area contributed by atoms with Gasteiger partial charge in [0.15, 0.2) is 5.69 Å². The van der Waals surface area contributed by atoms with Gasteiger partial charge in [-0.15, -0.1) is 11.3 Å². The maximum Gasteiger partial charge on any atom is 0.318 e. The normalized spacial score (nSPS) is 23.4. The molecule has 15 heteroatoms. The topological polar surface area (TPSA) is 133 Å². The van der Waals surface area contributed by atoms with Gasteiger partial charge >= 0.3 is 6.01 Å². The number of thiophene rings is 1. The monoisotopic (exact) mass is 702 g/mol. The molecule has 1 aromatic carbocycles. The highest BCUT2D eigenvalue weighted by atomic mass is 32.1. The van der Waals surface area contributed by atoms with Gasteiger partial charge in [0.05, 0.1) is 40.3 Å². The number of nitrogen functional groups attached to an aromatic ring is 1. The van der Waals surface area contributed by atoms with E-state index >= 15 is 0 Å². The zero-order chi connectivity index (χ0) is 34.9. The summed E-state index contributed by atoms with van der Waals surface area (Å²) in [4.78, 5) is 30.9. The van der Waals surface area contributed by atoms with Crippen molar-refractivity contribution in [3.05, 3.63) is 52.2 Å². The lowest BCUT2D eigenvalue weighted by Crippen LogP contribution is -2.44. The van der Waals surface area contributed by atoms with E-state index in [0.29, 0.717) is 68.0 Å². The van der Waals surface area contributed by atoms with Gasteiger partial charge in [-0.05, 0) is 57.4 Å². The Kier molecular flexibility index (Phi) is 8.06. The number of halogens is 2. The van der Waals surface area contributed by atoms with Crippen molar-refractivity contribution >= 4 is 43.8 Å². The van der Waals surface area contributed by atoms with Crippen molar-refractivity contribution < 1.29 is 18.3 Å². The van der Waals surface area contributed by atoms with Gasteiger partial charge in [0.2, 0.25) is 0 Å². The van der Waals surface area contributed by atoms with Gasteiger partial charge in [0.25, 0.3) is 5.91 Å². The lowest BCUT2D eigenvalue weighted by molar-refractivity contribution is 0.0821. The van der Waals surface area contributed by atoms with Crippen molar-refractivity contribution in [2.45, 2.75) is 76.4 Å². The number of carbonyl (C=O) groups is 1. The van der Waals surface area contributed by atoms with E-state index in [9.17, 15) is 18.8 Å². The minimum absolute atomic E-state index is 0.0503. The van der Waals surface area contributed by atoms with E-state index in [0.717, 1.165) is 65.6 Å². The van der Waals surface area contributed by atoms with E-state index in [4.69, 9.17) is 20.4 Å². The number of carbonyl (C=O) groups excluding carboxylic acids is 1. The van der Waals surface area contributed by atoms with Gasteiger partial charge in [0.1, 0.15) is 35.5 Å². The Morgan fingerprint density at radius 1 is 1.22 bits per heavy atom. The Morgan fingerprint density at radius 2 is 2.06 bits per heavy atom. The first-order valence-corrected chi connectivity index (χ1v) is 18.0. The number of hydrogen-bond donors (Lipinski definition) is 1. The Labute approximate surface area is 293 Å². The van der Waals surface area contributed by atoms with E-state index in [2.05, 4.69) is 32.8 Å². The molecule has 3 atom stereocenters. The summed E-state index contributed by atoms with van der Waals surface area (Å²) in [5.41, 5.74) is 9.92. The molecule has 0 spiro atoms. The number of anilines is 3. The maximum absolute atomic E-state index is 15.0. The third kappa shape index (κ3) is 5.40. The Morgan fingerprint density at radius 3 is 2.86 bits per heavy atom. The van der Waals surface area contributed by atoms with Crippen molar-refractivity contribution in [3.63, 3.8) is 0 Å². The van der Waals surface area contributed by atoms with Crippen LogP contribution in [0.3, 0.4) is 0 Å². The second kappa shape index (κ2) is 12.3. The van der Waals surface area contributed by atoms with E-state index in [1.165, 1.54) is 11.0 Å². The molecular formula is C35H40F2N10O2S. The molecule has 50 heavy (non-hydrogen) atoms. The van der Waals surface area contributed by atoms with Crippen molar-refractivity contribution in [1.82, 2.24) is 29.5 Å². The van der Waals surface area contributed by atoms with E-state index in [1.807, 2.05) is 10.7 Å². The molecule has 0 aliphatic carbocycles. The number of aromatic nitrogens is 4. The third-order valence-electron chi connectivity index (χ3n) is 10.8. The number of amides is 1. The number of alkyl halides is 1. The van der Waals surface area contributed by atoms with Crippen LogP contribution >= 0.6 is 11.3 Å². The lowest BCUT2D eigenvalue weighted by atomic mass is 9.95. The second-order valence-electron chi connectivity index (χ2n) is 14.2. The van der Waals surface area contributed by atoms with Crippen LogP contribution in [0.2, 0.25) is 0 Å². The number of nitrogens with zero attached hydrogens (tertiary/aromatic N) is 9. The van der Waals surface area contributed by atoms with Crippen molar-refractivity contribution in [2.24, 2.45) is 0 Å². The summed E-state index contributed by atoms with van der Waals surface area (Å²) in [6.45, 7) is 5.93. The van der Waals surface area contributed by atoms with Crippen LogP contribution in [0, 0.1) is 17.1 Å². The summed E-state index contributed by atoms with van der Waals surface area (Å²) in [5, 5.41) is 15.4. The molecule has 0 radical (unpaired) electrons. The number of nitriles is 1. The molecule has 3 aromatic heterocycles. The first-order valence-electron chi connectivity index (χ1n) is 17.2. The number of ether oxygens (including phenoxy) is 1. The van der Waals surface area contributed by atoms with Crippen LogP contribution in [0.25, 0.3) is 10.1 Å². The zero-order valence-electron chi connectivity index (χ0n) is 28.5. The highest BCUT2D eigenvalue weighted by Gasteiger charge is 2.49. The van der Waals surface area contributed by atoms with E-state index in [-0.39, 0.29) is 34.1 Å². The Bertz CT molecular complexity index is 2040. The fourth-order valence-corrected chi connectivity index (χ4v) is 9.30. The number of fused-ring (bicyclic) bond motifs is 4. The Balaban J connectivity index is 1.19. The summed E-state index contributed by atoms with van der Waals surface area (Å²) in [7, 11) is 3.43. The lowest BCUT2D eigenvalue weighted by Gasteiger charge is -2.38. The second-order valence-corrected chi connectivity index (χ2v) is 15.3. The van der Waals surface area contributed by atoms with Crippen molar-refractivity contribution in [1.29, 1.82) is 5.26 Å². The van der Waals surface area contributed by atoms with Gasteiger partial charge in [0, 0.05) is 62.8 Å². The average Bonchev–Trinajstić information content (AvgIpc) is 3.81. The van der Waals surface area contributed by atoms with Crippen LogP contribution in [0.5, 0.6) is 6.01 Å². The molecule has 8 rings (SSSR count). The molecule has 262 valence electrons. The standard InChI is InChI=1S/C35H40F2N10O2S/c1-20-12-23-27(18-46(20)28-7-6-25(37)30-29(28)24(15-38)31(39)50-30)40-34(49-19-35-8-4-10-45(35)16-21(36)14-35)41-32(23)44-9-5-11-47-22(17-44)13-26(42-47)33(48)43(2)3/h6-7,13,20-21H,4-5,8-12,14,16-19,39H2,1-3H3/t20?,21-,35+/m1/s1. The van der Waals surface area contributed by atoms with Crippen LogP contribution in [0.1, 0.15) is 65.6 Å². The highest BCUT2D eigenvalue weighted by molar-refractivity contribution is 7.23. The number of rotatable bonds is 6. The summed E-state index contributed by atoms with van der Waals surface area (Å²) >= 11 is 1.09. The van der Waals surface area contributed by atoms with Crippen LogP contribution < -0.4 is 20.3 Å². The number of benzene rings is 1. The summed E-state index contributed by atoms with van der Waals surface area (Å²) < 4.78 is 38.3. The number of hydrogen-bond acceptors (Lipinski definition) is 11. The van der Waals surface area contributed by atoms with Crippen LogP contribution in [0.15, 0.2) is 18.2 Å². The molecule has 12 nitrogen and oxygen atoms in total. The zero-order valence-corrected chi connectivity index (χ0v) is 29.3. The number of nitrogens with two attached hydrogens (primary N) is 1. The molecular weight excluding hydrogens is 663 g/mol. The molecule has 7 heterocycles. The molecule has 4 aromatic rings. The van der Waals surface area contributed by atoms with Gasteiger partial charge in [-0.25, -0.2) is 8.78 Å². The van der Waals surface area contributed by atoms with Crippen LogP contribution in [-0.2, 0) is 26.1 Å². The molecule has 4 aliphatic rings. The predicted molar refractivity (Wildman–Crippen MR) is 187 cm³/mol. The maximum atomic E-state index is 15.0. The van der Waals surface area contributed by atoms with Gasteiger partial charge in [-0.2, -0.15) is 20.3 Å². The quantitative estimate of drug-likeness (QED) is 0.306. The fourth-order valence-electron chi connectivity index (χ4n) is 8.35. The fraction of sp³-hybridized carbons (Fsp3) is 0.514. The summed E-state index contributed by atoms with van der Waals surface area (Å²) in [6.07, 6.45) is 2.81. The number of aryl methyl sites for hydroxylation is 1. The molecule has 1 unspecified atom stereocenters. The molecule has 2 saturated heterocycles. The molecule has 2 fully saturated rings. The Hall–Kier alpha value is -4.55. The first-order chi connectivity index (χ1) is 24.0. The van der Waals surface area contributed by atoms with Gasteiger partial charge < -0.3 is 25.2 Å². The van der Waals surface area contributed by atoms with Crippen molar-refractivity contribution in [3.8, 4) is 12.1 Å². The molecule has 1 amide bonds.